The van der Waals surface area contributed by atoms with Gasteiger partial charge in [0, 0.05) is 11.1 Å². The lowest BCUT2D eigenvalue weighted by atomic mass is 10.0. The van der Waals surface area contributed by atoms with Gasteiger partial charge in [-0.1, -0.05) is 18.2 Å². The molecule has 2 aromatic rings. The Morgan fingerprint density at radius 3 is 2.54 bits per heavy atom. The molecule has 0 spiro atoms. The summed E-state index contributed by atoms with van der Waals surface area (Å²) < 4.78 is 41.1. The predicted octanol–water partition coefficient (Wildman–Crippen LogP) is 3.60. The molecule has 0 saturated carbocycles. The Morgan fingerprint density at radius 2 is 1.82 bits per heavy atom. The van der Waals surface area contributed by atoms with E-state index in [1.54, 1.807) is 18.2 Å². The molecule has 6 nitrogen and oxygen atoms in total. The fourth-order valence-corrected chi connectivity index (χ4v) is 3.13. The molecule has 0 atom stereocenters. The van der Waals surface area contributed by atoms with Crippen LogP contribution in [0.1, 0.15) is 23.4 Å². The maximum atomic E-state index is 14.7. The number of hydrogen-bond donors (Lipinski definition) is 2. The van der Waals surface area contributed by atoms with Crippen LogP contribution in [0.4, 0.5) is 10.1 Å². The lowest BCUT2D eigenvalue weighted by Gasteiger charge is -2.11. The van der Waals surface area contributed by atoms with E-state index in [2.05, 4.69) is 15.6 Å². The highest BCUT2D eigenvalue weighted by Gasteiger charge is 2.26. The van der Waals surface area contributed by atoms with Gasteiger partial charge in [0.25, 0.3) is 11.8 Å². The zero-order chi connectivity index (χ0) is 22.6. The number of amides is 2. The van der Waals surface area contributed by atoms with Crippen molar-refractivity contribution >= 4 is 17.5 Å². The third-order valence-corrected chi connectivity index (χ3v) is 4.46. The van der Waals surface area contributed by atoms with Gasteiger partial charge in [-0.3, -0.25) is 14.4 Å². The molecule has 3 rings (SSSR count). The molecule has 0 aromatic heterocycles. The summed E-state index contributed by atoms with van der Waals surface area (Å²) in [5.41, 5.74) is 3.81. The molecule has 1 aliphatic carbocycles. The second kappa shape index (κ2) is 8.67. The van der Waals surface area contributed by atoms with E-state index in [1.165, 1.54) is 31.4 Å². The largest absolute Gasteiger partial charge is 0.497 e. The smallest absolute Gasteiger partial charge is 0.271 e. The second-order valence-corrected chi connectivity index (χ2v) is 6.22. The van der Waals surface area contributed by atoms with E-state index in [4.69, 9.17) is 8.85 Å². The predicted molar refractivity (Wildman–Crippen MR) is 103 cm³/mol. The fraction of sp³-hybridized carbons (Fsp3) is 0.238. The molecular formula is C21H21FN2O4. The van der Waals surface area contributed by atoms with Crippen molar-refractivity contribution in [2.45, 2.75) is 19.3 Å². The third kappa shape index (κ3) is 4.20. The Hall–Kier alpha value is -3.19. The molecule has 0 bridgehead atoms. The van der Waals surface area contributed by atoms with Crippen LogP contribution in [0.5, 0.6) is 5.75 Å². The zero-order valence-corrected chi connectivity index (χ0v) is 15.2. The van der Waals surface area contributed by atoms with Crippen LogP contribution in [0.2, 0.25) is 0 Å². The summed E-state index contributed by atoms with van der Waals surface area (Å²) in [6.45, 7) is 0. The minimum atomic E-state index is -2.59. The summed E-state index contributed by atoms with van der Waals surface area (Å²) in [7, 11) is -1.29. The number of carbonyl (C=O) groups is 2. The van der Waals surface area contributed by atoms with Gasteiger partial charge in [0.1, 0.15) is 11.6 Å². The molecule has 0 radical (unpaired) electrons. The van der Waals surface area contributed by atoms with Crippen LogP contribution >= 0.6 is 0 Å². The minimum Gasteiger partial charge on any atom is -0.497 e. The highest BCUT2D eigenvalue weighted by atomic mass is 19.1. The van der Waals surface area contributed by atoms with E-state index >= 15 is 0 Å². The first-order chi connectivity index (χ1) is 14.7. The second-order valence-electron chi connectivity index (χ2n) is 6.22. The number of rotatable bonds is 6. The first-order valence-corrected chi connectivity index (χ1v) is 8.63. The van der Waals surface area contributed by atoms with Crippen molar-refractivity contribution in [2.75, 3.05) is 19.5 Å². The van der Waals surface area contributed by atoms with E-state index < -0.39 is 24.7 Å². The molecule has 0 fully saturated rings. The van der Waals surface area contributed by atoms with E-state index in [-0.39, 0.29) is 11.4 Å². The Balaban J connectivity index is 1.79. The number of hydroxylamine groups is 1. The SMILES string of the molecule is [2H]C([2H])([2H])Oc1cccc(-c2ccc(NC(=O)C3=C(C(=O)NOC)CCC3)c(F)c2)c1. The van der Waals surface area contributed by atoms with Gasteiger partial charge < -0.3 is 10.1 Å². The highest BCUT2D eigenvalue weighted by Crippen LogP contribution is 2.30. The monoisotopic (exact) mass is 387 g/mol. The van der Waals surface area contributed by atoms with Crippen molar-refractivity contribution in [2.24, 2.45) is 0 Å². The van der Waals surface area contributed by atoms with Crippen molar-refractivity contribution in [1.82, 2.24) is 5.48 Å². The summed E-state index contributed by atoms with van der Waals surface area (Å²) in [5, 5.41) is 2.51. The van der Waals surface area contributed by atoms with Crippen molar-refractivity contribution in [3.8, 4) is 16.9 Å². The Kier molecular flexibility index (Phi) is 4.90. The molecule has 146 valence electrons. The summed E-state index contributed by atoms with van der Waals surface area (Å²) in [5.74, 6) is -1.57. The van der Waals surface area contributed by atoms with Crippen LogP contribution in [-0.4, -0.2) is 26.0 Å². The molecule has 2 aromatic carbocycles. The number of methoxy groups -OCH3 is 1. The summed E-state index contributed by atoms with van der Waals surface area (Å²) in [4.78, 5) is 29.2. The molecule has 7 heteroatoms. The lowest BCUT2D eigenvalue weighted by Crippen LogP contribution is -2.25. The maximum absolute atomic E-state index is 14.7. The van der Waals surface area contributed by atoms with Crippen LogP contribution in [0.25, 0.3) is 11.1 Å². The van der Waals surface area contributed by atoms with Gasteiger partial charge in [0.05, 0.1) is 23.9 Å². The third-order valence-electron chi connectivity index (χ3n) is 4.46. The lowest BCUT2D eigenvalue weighted by molar-refractivity contribution is -0.127. The standard InChI is InChI=1S/C21H21FN2O4/c1-27-15-6-3-5-13(11-15)14-9-10-19(18(22)12-14)23-20(25)16-7-4-8-17(16)21(26)24-28-2/h3,5-6,9-12H,4,7-8H2,1-2H3,(H,23,25)(H,24,26)/i1D3. The normalized spacial score (nSPS) is 15.4. The van der Waals surface area contributed by atoms with Gasteiger partial charge in [-0.2, -0.15) is 0 Å². The molecule has 28 heavy (non-hydrogen) atoms. The highest BCUT2D eigenvalue weighted by molar-refractivity contribution is 6.10. The van der Waals surface area contributed by atoms with E-state index in [0.29, 0.717) is 41.5 Å². The van der Waals surface area contributed by atoms with Crippen molar-refractivity contribution in [1.29, 1.82) is 0 Å². The number of benzene rings is 2. The van der Waals surface area contributed by atoms with Crippen LogP contribution in [0, 0.1) is 5.82 Å². The zero-order valence-electron chi connectivity index (χ0n) is 18.2. The number of carbonyl (C=O) groups excluding carboxylic acids is 2. The van der Waals surface area contributed by atoms with E-state index in [9.17, 15) is 14.0 Å². The molecule has 0 saturated heterocycles. The van der Waals surface area contributed by atoms with Gasteiger partial charge in [0.15, 0.2) is 0 Å². The summed E-state index contributed by atoms with van der Waals surface area (Å²) >= 11 is 0. The van der Waals surface area contributed by atoms with Crippen LogP contribution in [0.15, 0.2) is 53.6 Å². The number of hydrogen-bond acceptors (Lipinski definition) is 4. The molecule has 0 unspecified atom stereocenters. The summed E-state index contributed by atoms with van der Waals surface area (Å²) in [6.07, 6.45) is 1.49. The maximum Gasteiger partial charge on any atom is 0.271 e. The Bertz CT molecular complexity index is 1040. The molecular weight excluding hydrogens is 363 g/mol. The quantitative estimate of drug-likeness (QED) is 0.743. The topological polar surface area (TPSA) is 76.7 Å². The van der Waals surface area contributed by atoms with Gasteiger partial charge in [0.2, 0.25) is 0 Å². The van der Waals surface area contributed by atoms with E-state index in [1.807, 2.05) is 0 Å². The van der Waals surface area contributed by atoms with E-state index in [0.717, 1.165) is 0 Å². The van der Waals surface area contributed by atoms with Crippen LogP contribution in [-0.2, 0) is 14.4 Å². The van der Waals surface area contributed by atoms with Crippen molar-refractivity contribution in [3.63, 3.8) is 0 Å². The van der Waals surface area contributed by atoms with Gasteiger partial charge in [-0.15, -0.1) is 0 Å². The minimum absolute atomic E-state index is 0.0328. The van der Waals surface area contributed by atoms with Crippen molar-refractivity contribution < 1.29 is 27.7 Å². The first kappa shape index (κ1) is 15.8. The molecule has 0 heterocycles. The molecule has 2 amide bonds. The van der Waals surface area contributed by atoms with Crippen LogP contribution < -0.4 is 15.5 Å². The average Bonchev–Trinajstić information content (AvgIpc) is 3.19. The molecule has 2 N–H and O–H groups in total. The first-order valence-electron chi connectivity index (χ1n) is 10.1. The summed E-state index contributed by atoms with van der Waals surface area (Å²) in [6, 6.07) is 10.5. The van der Waals surface area contributed by atoms with Crippen molar-refractivity contribution in [3.05, 3.63) is 59.4 Å². The molecule has 0 aliphatic heterocycles. The van der Waals surface area contributed by atoms with Gasteiger partial charge >= 0.3 is 0 Å². The van der Waals surface area contributed by atoms with Gasteiger partial charge in [-0.05, 0) is 54.7 Å². The number of halogens is 1. The number of ether oxygens (including phenoxy) is 1. The molecule has 1 aliphatic rings. The average molecular weight is 387 g/mol. The van der Waals surface area contributed by atoms with Crippen LogP contribution in [0.3, 0.4) is 0 Å². The number of anilines is 1. The Labute approximate surface area is 166 Å². The fourth-order valence-electron chi connectivity index (χ4n) is 3.13. The number of nitrogens with one attached hydrogen (secondary N) is 2. The Morgan fingerprint density at radius 1 is 1.07 bits per heavy atom. The van der Waals surface area contributed by atoms with Gasteiger partial charge in [-0.25, -0.2) is 9.87 Å².